The van der Waals surface area contributed by atoms with Gasteiger partial charge in [-0.3, -0.25) is 9.36 Å². The van der Waals surface area contributed by atoms with E-state index in [4.69, 9.17) is 5.11 Å². The number of aliphatic hydroxyl groups is 1. The van der Waals surface area contributed by atoms with E-state index in [0.717, 1.165) is 11.4 Å². The molecule has 0 atom stereocenters. The van der Waals surface area contributed by atoms with Crippen molar-refractivity contribution in [3.05, 3.63) is 30.1 Å². The topological polar surface area (TPSA) is 68.8 Å². The Hall–Kier alpha value is -1.69. The van der Waals surface area contributed by atoms with E-state index in [1.807, 2.05) is 7.05 Å². The third-order valence-electron chi connectivity index (χ3n) is 1.98. The van der Waals surface area contributed by atoms with Crippen LogP contribution in [-0.4, -0.2) is 29.7 Å². The SMILES string of the molecule is Cn1ncnc1Cn1cc(CO)cn1. The first-order valence-electron chi connectivity index (χ1n) is 4.24. The van der Waals surface area contributed by atoms with Crippen LogP contribution in [0.1, 0.15) is 11.4 Å². The maximum atomic E-state index is 8.85. The van der Waals surface area contributed by atoms with Gasteiger partial charge in [-0.05, 0) is 0 Å². The lowest BCUT2D eigenvalue weighted by molar-refractivity contribution is 0.281. The van der Waals surface area contributed by atoms with Crippen LogP contribution in [0.15, 0.2) is 18.7 Å². The molecule has 0 saturated heterocycles. The molecule has 2 rings (SSSR count). The molecule has 0 aliphatic heterocycles. The smallest absolute Gasteiger partial charge is 0.148 e. The molecular formula is C8H11N5O. The lowest BCUT2D eigenvalue weighted by atomic mass is 10.4. The standard InChI is InChI=1S/C8H11N5O/c1-12-8(9-6-11-12)4-13-3-7(5-14)2-10-13/h2-3,6,14H,4-5H2,1H3. The number of hydrogen-bond acceptors (Lipinski definition) is 4. The van der Waals surface area contributed by atoms with E-state index >= 15 is 0 Å². The van der Waals surface area contributed by atoms with Gasteiger partial charge in [-0.1, -0.05) is 0 Å². The highest BCUT2D eigenvalue weighted by atomic mass is 16.3. The minimum Gasteiger partial charge on any atom is -0.392 e. The zero-order valence-corrected chi connectivity index (χ0v) is 7.83. The van der Waals surface area contributed by atoms with E-state index in [1.165, 1.54) is 6.33 Å². The Labute approximate surface area is 80.8 Å². The largest absolute Gasteiger partial charge is 0.392 e. The van der Waals surface area contributed by atoms with Crippen LogP contribution in [0, 0.1) is 0 Å². The van der Waals surface area contributed by atoms with Crippen LogP contribution in [0.25, 0.3) is 0 Å². The average Bonchev–Trinajstić information content (AvgIpc) is 2.77. The Bertz CT molecular complexity index is 419. The van der Waals surface area contributed by atoms with Crippen molar-refractivity contribution in [3.8, 4) is 0 Å². The molecule has 0 unspecified atom stereocenters. The van der Waals surface area contributed by atoms with Gasteiger partial charge in [0, 0.05) is 18.8 Å². The lowest BCUT2D eigenvalue weighted by Crippen LogP contribution is -2.07. The fraction of sp³-hybridized carbons (Fsp3) is 0.375. The highest BCUT2D eigenvalue weighted by Gasteiger charge is 2.02. The summed E-state index contributed by atoms with van der Waals surface area (Å²) in [5.41, 5.74) is 0.798. The quantitative estimate of drug-likeness (QED) is 0.717. The van der Waals surface area contributed by atoms with E-state index in [1.54, 1.807) is 21.8 Å². The Morgan fingerprint density at radius 1 is 1.43 bits per heavy atom. The maximum Gasteiger partial charge on any atom is 0.148 e. The number of rotatable bonds is 3. The first-order chi connectivity index (χ1) is 6.79. The molecule has 0 aromatic carbocycles. The van der Waals surface area contributed by atoms with Crippen molar-refractivity contribution in [2.24, 2.45) is 7.05 Å². The minimum atomic E-state index is 0.0127. The molecule has 14 heavy (non-hydrogen) atoms. The van der Waals surface area contributed by atoms with Crippen LogP contribution in [0.2, 0.25) is 0 Å². The van der Waals surface area contributed by atoms with Crippen molar-refractivity contribution in [1.82, 2.24) is 24.5 Å². The zero-order valence-electron chi connectivity index (χ0n) is 7.83. The predicted octanol–water partition coefficient (Wildman–Crippen LogP) is -0.448. The van der Waals surface area contributed by atoms with Crippen molar-refractivity contribution >= 4 is 0 Å². The fourth-order valence-electron chi connectivity index (χ4n) is 1.18. The van der Waals surface area contributed by atoms with Crippen LogP contribution >= 0.6 is 0 Å². The van der Waals surface area contributed by atoms with Crippen molar-refractivity contribution in [2.75, 3.05) is 0 Å². The van der Waals surface area contributed by atoms with Gasteiger partial charge in [0.25, 0.3) is 0 Å². The minimum absolute atomic E-state index is 0.0127. The van der Waals surface area contributed by atoms with Crippen LogP contribution in [-0.2, 0) is 20.2 Å². The maximum absolute atomic E-state index is 8.85. The van der Waals surface area contributed by atoms with Gasteiger partial charge >= 0.3 is 0 Å². The van der Waals surface area contributed by atoms with Gasteiger partial charge in [0.15, 0.2) is 0 Å². The molecule has 0 aliphatic carbocycles. The lowest BCUT2D eigenvalue weighted by Gasteiger charge is -1.99. The summed E-state index contributed by atoms with van der Waals surface area (Å²) in [4.78, 5) is 4.07. The fourth-order valence-corrected chi connectivity index (χ4v) is 1.18. The summed E-state index contributed by atoms with van der Waals surface area (Å²) in [6, 6.07) is 0. The van der Waals surface area contributed by atoms with Gasteiger partial charge in [-0.25, -0.2) is 4.98 Å². The monoisotopic (exact) mass is 193 g/mol. The molecule has 0 bridgehead atoms. The van der Waals surface area contributed by atoms with Crippen molar-refractivity contribution in [2.45, 2.75) is 13.2 Å². The highest BCUT2D eigenvalue weighted by molar-refractivity contribution is 5.02. The number of nitrogens with zero attached hydrogens (tertiary/aromatic N) is 5. The molecule has 74 valence electrons. The zero-order chi connectivity index (χ0) is 9.97. The van der Waals surface area contributed by atoms with Gasteiger partial charge in [-0.15, -0.1) is 0 Å². The summed E-state index contributed by atoms with van der Waals surface area (Å²) < 4.78 is 3.41. The molecule has 1 N–H and O–H groups in total. The summed E-state index contributed by atoms with van der Waals surface area (Å²) >= 11 is 0. The van der Waals surface area contributed by atoms with Gasteiger partial charge in [0.05, 0.1) is 12.8 Å². The summed E-state index contributed by atoms with van der Waals surface area (Å²) in [7, 11) is 1.83. The molecule has 0 spiro atoms. The molecule has 0 fully saturated rings. The van der Waals surface area contributed by atoms with E-state index in [0.29, 0.717) is 6.54 Å². The second kappa shape index (κ2) is 3.59. The van der Waals surface area contributed by atoms with Crippen LogP contribution < -0.4 is 0 Å². The molecule has 0 amide bonds. The summed E-state index contributed by atoms with van der Waals surface area (Å²) in [6.07, 6.45) is 4.93. The first-order valence-corrected chi connectivity index (χ1v) is 4.24. The average molecular weight is 193 g/mol. The number of aryl methyl sites for hydroxylation is 1. The Morgan fingerprint density at radius 2 is 2.29 bits per heavy atom. The molecule has 0 saturated carbocycles. The van der Waals surface area contributed by atoms with Crippen LogP contribution in [0.5, 0.6) is 0 Å². The Kier molecular flexibility index (Phi) is 2.28. The second-order valence-electron chi connectivity index (χ2n) is 3.00. The van der Waals surface area contributed by atoms with E-state index in [2.05, 4.69) is 15.2 Å². The second-order valence-corrected chi connectivity index (χ2v) is 3.00. The molecule has 2 heterocycles. The number of aliphatic hydroxyl groups excluding tert-OH is 1. The Morgan fingerprint density at radius 3 is 2.86 bits per heavy atom. The predicted molar refractivity (Wildman–Crippen MR) is 48.3 cm³/mol. The van der Waals surface area contributed by atoms with E-state index in [9.17, 15) is 0 Å². The molecule has 0 aliphatic rings. The van der Waals surface area contributed by atoms with Gasteiger partial charge < -0.3 is 5.11 Å². The Balaban J connectivity index is 2.15. The highest BCUT2D eigenvalue weighted by Crippen LogP contribution is 2.00. The summed E-state index contributed by atoms with van der Waals surface area (Å²) in [5, 5.41) is 16.9. The van der Waals surface area contributed by atoms with Crippen molar-refractivity contribution in [1.29, 1.82) is 0 Å². The van der Waals surface area contributed by atoms with Gasteiger partial charge in [0.2, 0.25) is 0 Å². The third-order valence-corrected chi connectivity index (χ3v) is 1.98. The third kappa shape index (κ3) is 1.64. The number of hydrogen-bond donors (Lipinski definition) is 1. The normalized spacial score (nSPS) is 10.7. The van der Waals surface area contributed by atoms with Gasteiger partial charge in [0.1, 0.15) is 18.7 Å². The van der Waals surface area contributed by atoms with Crippen LogP contribution in [0.4, 0.5) is 0 Å². The van der Waals surface area contributed by atoms with Crippen molar-refractivity contribution < 1.29 is 5.11 Å². The van der Waals surface area contributed by atoms with Gasteiger partial charge in [-0.2, -0.15) is 10.2 Å². The number of aromatic nitrogens is 5. The molecule has 6 heteroatoms. The molecular weight excluding hydrogens is 182 g/mol. The molecule has 2 aromatic heterocycles. The first kappa shape index (κ1) is 8.89. The van der Waals surface area contributed by atoms with E-state index < -0.39 is 0 Å². The summed E-state index contributed by atoms with van der Waals surface area (Å²) in [6.45, 7) is 0.579. The molecule has 2 aromatic rings. The molecule has 6 nitrogen and oxygen atoms in total. The van der Waals surface area contributed by atoms with Crippen molar-refractivity contribution in [3.63, 3.8) is 0 Å². The van der Waals surface area contributed by atoms with Crippen LogP contribution in [0.3, 0.4) is 0 Å². The van der Waals surface area contributed by atoms with E-state index in [-0.39, 0.29) is 6.61 Å². The molecule has 0 radical (unpaired) electrons. The summed E-state index contributed by atoms with van der Waals surface area (Å²) in [5.74, 6) is 0.831.